The summed E-state index contributed by atoms with van der Waals surface area (Å²) in [6.45, 7) is 2.34. The Bertz CT molecular complexity index is 683. The molecule has 0 aliphatic carbocycles. The van der Waals surface area contributed by atoms with E-state index in [9.17, 15) is 9.90 Å². The van der Waals surface area contributed by atoms with Crippen molar-refractivity contribution in [3.63, 3.8) is 0 Å². The van der Waals surface area contributed by atoms with E-state index < -0.39 is 6.04 Å². The molecule has 2 aromatic carbocycles. The maximum absolute atomic E-state index is 12.5. The van der Waals surface area contributed by atoms with Crippen LogP contribution in [0.15, 0.2) is 42.5 Å². The van der Waals surface area contributed by atoms with Crippen LogP contribution in [-0.4, -0.2) is 30.1 Å². The van der Waals surface area contributed by atoms with Gasteiger partial charge in [-0.1, -0.05) is 35.9 Å². The van der Waals surface area contributed by atoms with Gasteiger partial charge in [-0.05, 0) is 30.2 Å². The standard InChI is InChI=1S/C18H22N2O3/c1-12-4-7-14(8-5-12)17(19)18(22)20(2)11-13-6-9-16(23-3)15(21)10-13/h4-10,17,21H,11,19H2,1-3H3. The lowest BCUT2D eigenvalue weighted by atomic mass is 10.0. The van der Waals surface area contributed by atoms with Gasteiger partial charge in [-0.15, -0.1) is 0 Å². The van der Waals surface area contributed by atoms with Gasteiger partial charge in [0, 0.05) is 13.6 Å². The molecule has 0 saturated carbocycles. The maximum atomic E-state index is 12.5. The van der Waals surface area contributed by atoms with Crippen molar-refractivity contribution < 1.29 is 14.6 Å². The third-order valence-corrected chi connectivity index (χ3v) is 3.74. The van der Waals surface area contributed by atoms with Crippen molar-refractivity contribution >= 4 is 5.91 Å². The van der Waals surface area contributed by atoms with Crippen LogP contribution in [0.2, 0.25) is 0 Å². The quantitative estimate of drug-likeness (QED) is 0.888. The topological polar surface area (TPSA) is 75.8 Å². The number of carbonyl (C=O) groups is 1. The lowest BCUT2D eigenvalue weighted by Crippen LogP contribution is -2.35. The van der Waals surface area contributed by atoms with Crippen LogP contribution in [-0.2, 0) is 11.3 Å². The SMILES string of the molecule is COc1ccc(CN(C)C(=O)C(N)c2ccc(C)cc2)cc1O. The van der Waals surface area contributed by atoms with E-state index in [-0.39, 0.29) is 11.7 Å². The van der Waals surface area contributed by atoms with E-state index in [4.69, 9.17) is 10.5 Å². The van der Waals surface area contributed by atoms with Crippen LogP contribution in [0.25, 0.3) is 0 Å². The lowest BCUT2D eigenvalue weighted by molar-refractivity contribution is -0.131. The van der Waals surface area contributed by atoms with Crippen LogP contribution >= 0.6 is 0 Å². The molecule has 0 aromatic heterocycles. The molecule has 5 nitrogen and oxygen atoms in total. The minimum absolute atomic E-state index is 0.0497. The van der Waals surface area contributed by atoms with Gasteiger partial charge in [-0.3, -0.25) is 4.79 Å². The number of hydrogen-bond acceptors (Lipinski definition) is 4. The third-order valence-electron chi connectivity index (χ3n) is 3.74. The number of rotatable bonds is 5. The number of nitrogens with two attached hydrogens (primary N) is 1. The molecule has 1 amide bonds. The number of ether oxygens (including phenoxy) is 1. The van der Waals surface area contributed by atoms with Crippen molar-refractivity contribution in [2.75, 3.05) is 14.2 Å². The second-order valence-corrected chi connectivity index (χ2v) is 5.59. The van der Waals surface area contributed by atoms with Crippen molar-refractivity contribution in [1.82, 2.24) is 4.90 Å². The number of carbonyl (C=O) groups excluding carboxylic acids is 1. The van der Waals surface area contributed by atoms with Crippen LogP contribution in [0.4, 0.5) is 0 Å². The number of hydrogen-bond donors (Lipinski definition) is 2. The number of likely N-dealkylation sites (N-methyl/N-ethyl adjacent to an activating group) is 1. The first kappa shape index (κ1) is 16.8. The van der Waals surface area contributed by atoms with Gasteiger partial charge in [0.15, 0.2) is 11.5 Å². The molecule has 0 aliphatic heterocycles. The van der Waals surface area contributed by atoms with E-state index in [1.807, 2.05) is 31.2 Å². The van der Waals surface area contributed by atoms with E-state index in [0.717, 1.165) is 16.7 Å². The van der Waals surface area contributed by atoms with Gasteiger partial charge in [-0.25, -0.2) is 0 Å². The fraction of sp³-hybridized carbons (Fsp3) is 0.278. The molecule has 2 rings (SSSR count). The Morgan fingerprint density at radius 3 is 2.48 bits per heavy atom. The van der Waals surface area contributed by atoms with Crippen LogP contribution < -0.4 is 10.5 Å². The largest absolute Gasteiger partial charge is 0.504 e. The van der Waals surface area contributed by atoms with E-state index in [0.29, 0.717) is 12.3 Å². The first-order valence-corrected chi connectivity index (χ1v) is 7.35. The van der Waals surface area contributed by atoms with Crippen LogP contribution in [0, 0.1) is 6.92 Å². The second-order valence-electron chi connectivity index (χ2n) is 5.59. The van der Waals surface area contributed by atoms with Crippen molar-refractivity contribution in [1.29, 1.82) is 0 Å². The molecule has 3 N–H and O–H groups in total. The fourth-order valence-electron chi connectivity index (χ4n) is 2.34. The molecule has 122 valence electrons. The highest BCUT2D eigenvalue weighted by Crippen LogP contribution is 2.27. The van der Waals surface area contributed by atoms with Gasteiger partial charge in [0.2, 0.25) is 5.91 Å². The van der Waals surface area contributed by atoms with Gasteiger partial charge < -0.3 is 20.5 Å². The molecule has 5 heteroatoms. The highest BCUT2D eigenvalue weighted by Gasteiger charge is 2.20. The normalized spacial score (nSPS) is 11.8. The molecule has 0 bridgehead atoms. The summed E-state index contributed by atoms with van der Waals surface area (Å²) in [6, 6.07) is 12.0. The Hall–Kier alpha value is -2.53. The van der Waals surface area contributed by atoms with Gasteiger partial charge in [0.05, 0.1) is 7.11 Å². The van der Waals surface area contributed by atoms with E-state index in [1.165, 1.54) is 7.11 Å². The predicted molar refractivity (Wildman–Crippen MR) is 89.2 cm³/mol. The highest BCUT2D eigenvalue weighted by molar-refractivity contribution is 5.82. The smallest absolute Gasteiger partial charge is 0.244 e. The lowest BCUT2D eigenvalue weighted by Gasteiger charge is -2.22. The zero-order valence-corrected chi connectivity index (χ0v) is 13.6. The van der Waals surface area contributed by atoms with Crippen molar-refractivity contribution in [3.05, 3.63) is 59.2 Å². The fourth-order valence-corrected chi connectivity index (χ4v) is 2.34. The van der Waals surface area contributed by atoms with Crippen molar-refractivity contribution in [2.45, 2.75) is 19.5 Å². The molecule has 2 aromatic rings. The Balaban J connectivity index is 2.07. The van der Waals surface area contributed by atoms with E-state index >= 15 is 0 Å². The number of phenolic OH excluding ortho intramolecular Hbond substituents is 1. The van der Waals surface area contributed by atoms with Crippen LogP contribution in [0.5, 0.6) is 11.5 Å². The van der Waals surface area contributed by atoms with Gasteiger partial charge in [-0.2, -0.15) is 0 Å². The summed E-state index contributed by atoms with van der Waals surface area (Å²) in [5.41, 5.74) is 8.76. The number of aryl methyl sites for hydroxylation is 1. The van der Waals surface area contributed by atoms with Gasteiger partial charge in [0.25, 0.3) is 0 Å². The zero-order valence-electron chi connectivity index (χ0n) is 13.6. The predicted octanol–water partition coefficient (Wildman–Crippen LogP) is 2.37. The number of nitrogens with zero attached hydrogens (tertiary/aromatic N) is 1. The third kappa shape index (κ3) is 4.02. The molecule has 0 radical (unpaired) electrons. The Kier molecular flexibility index (Phi) is 5.24. The molecule has 0 heterocycles. The summed E-state index contributed by atoms with van der Waals surface area (Å²) in [5, 5.41) is 9.80. The minimum atomic E-state index is -0.701. The molecule has 23 heavy (non-hydrogen) atoms. The van der Waals surface area contributed by atoms with Gasteiger partial charge in [0.1, 0.15) is 6.04 Å². The second kappa shape index (κ2) is 7.15. The first-order chi connectivity index (χ1) is 10.9. The Morgan fingerprint density at radius 1 is 1.26 bits per heavy atom. The number of amides is 1. The summed E-state index contributed by atoms with van der Waals surface area (Å²) in [4.78, 5) is 14.0. The first-order valence-electron chi connectivity index (χ1n) is 7.35. The van der Waals surface area contributed by atoms with Crippen molar-refractivity contribution in [2.24, 2.45) is 5.73 Å². The summed E-state index contributed by atoms with van der Waals surface area (Å²) in [7, 11) is 3.18. The average molecular weight is 314 g/mol. The van der Waals surface area contributed by atoms with Crippen LogP contribution in [0.3, 0.4) is 0 Å². The van der Waals surface area contributed by atoms with Gasteiger partial charge >= 0.3 is 0 Å². The number of phenols is 1. The number of benzene rings is 2. The molecular weight excluding hydrogens is 292 g/mol. The minimum Gasteiger partial charge on any atom is -0.504 e. The molecule has 0 spiro atoms. The maximum Gasteiger partial charge on any atom is 0.244 e. The Morgan fingerprint density at radius 2 is 1.91 bits per heavy atom. The monoisotopic (exact) mass is 314 g/mol. The highest BCUT2D eigenvalue weighted by atomic mass is 16.5. The number of aromatic hydroxyl groups is 1. The average Bonchev–Trinajstić information content (AvgIpc) is 2.54. The molecule has 1 atom stereocenters. The van der Waals surface area contributed by atoms with E-state index in [2.05, 4.69) is 0 Å². The molecule has 0 fully saturated rings. The Labute approximate surface area is 136 Å². The molecular formula is C18H22N2O3. The van der Waals surface area contributed by atoms with E-state index in [1.54, 1.807) is 30.1 Å². The number of methoxy groups -OCH3 is 1. The molecule has 0 aliphatic rings. The summed E-state index contributed by atoms with van der Waals surface area (Å²) in [5.74, 6) is 0.275. The van der Waals surface area contributed by atoms with Crippen molar-refractivity contribution in [3.8, 4) is 11.5 Å². The molecule has 1 unspecified atom stereocenters. The summed E-state index contributed by atoms with van der Waals surface area (Å²) in [6.07, 6.45) is 0. The summed E-state index contributed by atoms with van der Waals surface area (Å²) < 4.78 is 5.01. The summed E-state index contributed by atoms with van der Waals surface area (Å²) >= 11 is 0. The van der Waals surface area contributed by atoms with Crippen LogP contribution in [0.1, 0.15) is 22.7 Å². The zero-order chi connectivity index (χ0) is 17.0. The molecule has 0 saturated heterocycles.